The highest BCUT2D eigenvalue weighted by Gasteiger charge is 2.87. The number of ether oxygens (including phenoxy) is 1. The van der Waals surface area contributed by atoms with E-state index in [0.717, 1.165) is 18.8 Å². The van der Waals surface area contributed by atoms with Gasteiger partial charge in [0.1, 0.15) is 0 Å². The van der Waals surface area contributed by atoms with Gasteiger partial charge in [0.25, 0.3) is 0 Å². The molecule has 1 N–H and O–H groups in total. The molecule has 3 saturated carbocycles. The Morgan fingerprint density at radius 2 is 2.21 bits per heavy atom. The fourth-order valence-electron chi connectivity index (χ4n) is 5.24. The molecule has 14 heavy (non-hydrogen) atoms. The molecule has 0 aromatic rings. The maximum Gasteiger partial charge on any atom is 0.0875 e. The first-order chi connectivity index (χ1) is 6.75. The predicted molar refractivity (Wildman–Crippen MR) is 51.6 cm³/mol. The lowest BCUT2D eigenvalue weighted by molar-refractivity contribution is 0.0252. The number of rotatable bonds is 1. The Kier molecular flexibility index (Phi) is 1.10. The van der Waals surface area contributed by atoms with Crippen LogP contribution < -0.4 is 0 Å². The smallest absolute Gasteiger partial charge is 0.0875 e. The molecule has 76 valence electrons. The number of methoxy groups -OCH3 is 1. The molecule has 0 unspecified atom stereocenters. The van der Waals surface area contributed by atoms with Gasteiger partial charge in [-0.1, -0.05) is 12.2 Å². The van der Waals surface area contributed by atoms with Crippen LogP contribution in [0.5, 0.6) is 0 Å². The van der Waals surface area contributed by atoms with Crippen LogP contribution in [0.25, 0.3) is 0 Å². The largest absolute Gasteiger partial charge is 0.393 e. The summed E-state index contributed by atoms with van der Waals surface area (Å²) < 4.78 is 5.84. The molecular formula is C12H16O2. The molecule has 0 bridgehead atoms. The Bertz CT molecular complexity index is 337. The Morgan fingerprint density at radius 1 is 1.36 bits per heavy atom. The Balaban J connectivity index is 1.85. The SMILES string of the molecule is CO[C@]12[C@@H]3C=C[C@H]1C[C@@H]1C[C@@H](O)C[C@]132. The lowest BCUT2D eigenvalue weighted by Gasteiger charge is -2.19. The molecule has 3 fully saturated rings. The highest BCUT2D eigenvalue weighted by Crippen LogP contribution is 2.84. The average Bonchev–Trinajstić information content (AvgIpc) is 2.44. The lowest BCUT2D eigenvalue weighted by Crippen LogP contribution is -2.24. The van der Waals surface area contributed by atoms with Crippen molar-refractivity contribution in [3.63, 3.8) is 0 Å². The first kappa shape index (κ1) is 7.89. The predicted octanol–water partition coefficient (Wildman–Crippen LogP) is 1.35. The summed E-state index contributed by atoms with van der Waals surface area (Å²) in [6.07, 6.45) is 7.89. The van der Waals surface area contributed by atoms with E-state index < -0.39 is 0 Å². The molecule has 0 heterocycles. The third kappa shape index (κ3) is 0.496. The molecule has 4 aliphatic carbocycles. The zero-order chi connectivity index (χ0) is 9.55. The second-order valence-corrected chi connectivity index (χ2v) is 5.53. The van der Waals surface area contributed by atoms with Crippen molar-refractivity contribution in [2.75, 3.05) is 7.11 Å². The van der Waals surface area contributed by atoms with E-state index >= 15 is 0 Å². The van der Waals surface area contributed by atoms with Crippen molar-refractivity contribution < 1.29 is 9.84 Å². The van der Waals surface area contributed by atoms with Gasteiger partial charge in [-0.3, -0.25) is 0 Å². The molecule has 0 aromatic carbocycles. The van der Waals surface area contributed by atoms with Gasteiger partial charge in [-0.2, -0.15) is 0 Å². The van der Waals surface area contributed by atoms with Gasteiger partial charge in [0.15, 0.2) is 0 Å². The van der Waals surface area contributed by atoms with E-state index in [9.17, 15) is 5.11 Å². The molecule has 4 rings (SSSR count). The molecule has 6 atom stereocenters. The Labute approximate surface area is 83.9 Å². The van der Waals surface area contributed by atoms with Crippen LogP contribution in [-0.4, -0.2) is 23.9 Å². The zero-order valence-corrected chi connectivity index (χ0v) is 8.44. The van der Waals surface area contributed by atoms with Gasteiger partial charge in [0.05, 0.1) is 11.7 Å². The number of aliphatic hydroxyl groups excluding tert-OH is 1. The first-order valence-electron chi connectivity index (χ1n) is 5.67. The summed E-state index contributed by atoms with van der Waals surface area (Å²) in [6, 6.07) is 0. The van der Waals surface area contributed by atoms with Gasteiger partial charge >= 0.3 is 0 Å². The van der Waals surface area contributed by atoms with Gasteiger partial charge < -0.3 is 9.84 Å². The number of aliphatic hydroxyl groups is 1. The summed E-state index contributed by atoms with van der Waals surface area (Å²) in [7, 11) is 1.86. The fourth-order valence-corrected chi connectivity index (χ4v) is 5.24. The average molecular weight is 192 g/mol. The summed E-state index contributed by atoms with van der Waals surface area (Å²) in [5.41, 5.74) is 0.468. The fraction of sp³-hybridized carbons (Fsp3) is 0.833. The van der Waals surface area contributed by atoms with Crippen LogP contribution >= 0.6 is 0 Å². The second kappa shape index (κ2) is 1.96. The van der Waals surface area contributed by atoms with Crippen molar-refractivity contribution in [2.45, 2.75) is 31.0 Å². The highest BCUT2D eigenvalue weighted by molar-refractivity contribution is 5.45. The molecule has 0 amide bonds. The first-order valence-corrected chi connectivity index (χ1v) is 5.67. The van der Waals surface area contributed by atoms with Gasteiger partial charge in [-0.25, -0.2) is 0 Å². The summed E-state index contributed by atoms with van der Waals surface area (Å²) >= 11 is 0. The molecule has 2 nitrogen and oxygen atoms in total. The van der Waals surface area contributed by atoms with Crippen LogP contribution in [0.3, 0.4) is 0 Å². The van der Waals surface area contributed by atoms with E-state index in [1.807, 2.05) is 7.11 Å². The van der Waals surface area contributed by atoms with E-state index in [1.54, 1.807) is 0 Å². The quantitative estimate of drug-likeness (QED) is 0.635. The van der Waals surface area contributed by atoms with Crippen LogP contribution in [0, 0.1) is 23.2 Å². The minimum absolute atomic E-state index is 0.0630. The highest BCUT2D eigenvalue weighted by atomic mass is 16.5. The molecular weight excluding hydrogens is 176 g/mol. The normalized spacial score (nSPS) is 67.0. The minimum Gasteiger partial charge on any atom is -0.393 e. The van der Waals surface area contributed by atoms with Crippen molar-refractivity contribution in [3.05, 3.63) is 12.2 Å². The standard InChI is InChI=1S/C12H16O2/c1-14-12-7-2-3-10(12)11(12)6-9(13)5-8(11)4-7/h2-3,7-10,13H,4-6H2,1H3/t7-,8+,9+,10+,11-,12-/m0/s1. The molecule has 1 spiro atoms. The number of hydrogen-bond acceptors (Lipinski definition) is 2. The van der Waals surface area contributed by atoms with E-state index in [0.29, 0.717) is 17.3 Å². The van der Waals surface area contributed by atoms with Crippen LogP contribution in [0.2, 0.25) is 0 Å². The van der Waals surface area contributed by atoms with Crippen LogP contribution in [0.4, 0.5) is 0 Å². The summed E-state index contributed by atoms with van der Waals surface area (Å²) in [5, 5.41) is 9.79. The summed E-state index contributed by atoms with van der Waals surface area (Å²) in [6.45, 7) is 0. The van der Waals surface area contributed by atoms with Crippen LogP contribution in [0.1, 0.15) is 19.3 Å². The molecule has 0 aromatic heterocycles. The molecule has 0 radical (unpaired) electrons. The number of hydrogen-bond donors (Lipinski definition) is 1. The van der Waals surface area contributed by atoms with E-state index in [2.05, 4.69) is 12.2 Å². The van der Waals surface area contributed by atoms with E-state index in [-0.39, 0.29) is 11.7 Å². The Hall–Kier alpha value is -0.340. The van der Waals surface area contributed by atoms with E-state index in [1.165, 1.54) is 6.42 Å². The monoisotopic (exact) mass is 192 g/mol. The van der Waals surface area contributed by atoms with Gasteiger partial charge in [-0.05, 0) is 25.2 Å². The molecule has 2 heteroatoms. The van der Waals surface area contributed by atoms with Crippen molar-refractivity contribution in [1.82, 2.24) is 0 Å². The van der Waals surface area contributed by atoms with Crippen molar-refractivity contribution in [1.29, 1.82) is 0 Å². The molecule has 0 aliphatic heterocycles. The van der Waals surface area contributed by atoms with Crippen molar-refractivity contribution in [3.8, 4) is 0 Å². The summed E-state index contributed by atoms with van der Waals surface area (Å²) in [5.74, 6) is 2.00. The minimum atomic E-state index is -0.0630. The van der Waals surface area contributed by atoms with Gasteiger partial charge in [0, 0.05) is 24.4 Å². The van der Waals surface area contributed by atoms with Crippen LogP contribution in [-0.2, 0) is 4.74 Å². The lowest BCUT2D eigenvalue weighted by atomic mass is 9.91. The summed E-state index contributed by atoms with van der Waals surface area (Å²) in [4.78, 5) is 0. The van der Waals surface area contributed by atoms with Gasteiger partial charge in [-0.15, -0.1) is 0 Å². The third-order valence-electron chi connectivity index (χ3n) is 5.48. The zero-order valence-electron chi connectivity index (χ0n) is 8.44. The van der Waals surface area contributed by atoms with Crippen LogP contribution in [0.15, 0.2) is 12.2 Å². The Morgan fingerprint density at radius 3 is 2.93 bits per heavy atom. The second-order valence-electron chi connectivity index (χ2n) is 5.53. The van der Waals surface area contributed by atoms with E-state index in [4.69, 9.17) is 4.74 Å². The topological polar surface area (TPSA) is 29.5 Å². The molecule has 0 saturated heterocycles. The maximum absolute atomic E-state index is 9.79. The maximum atomic E-state index is 9.79. The molecule has 4 aliphatic rings. The van der Waals surface area contributed by atoms with Gasteiger partial charge in [0.2, 0.25) is 0 Å². The third-order valence-corrected chi connectivity index (χ3v) is 5.48. The van der Waals surface area contributed by atoms with Crippen molar-refractivity contribution in [2.24, 2.45) is 23.2 Å². The van der Waals surface area contributed by atoms with Crippen molar-refractivity contribution >= 4 is 0 Å².